The Morgan fingerprint density at radius 3 is 3.00 bits per heavy atom. The van der Waals surface area contributed by atoms with Crippen LogP contribution in [0.1, 0.15) is 28.4 Å². The SMILES string of the molecule is COC(=O)c1cccc(OCC(O)CNC2CCSc3ccccc32)c1. The molecular formula is C20H23NO4S. The van der Waals surface area contributed by atoms with Crippen molar-refractivity contribution in [2.24, 2.45) is 0 Å². The molecule has 0 aliphatic carbocycles. The van der Waals surface area contributed by atoms with Gasteiger partial charge in [0, 0.05) is 17.5 Å². The van der Waals surface area contributed by atoms with Gasteiger partial charge in [-0.05, 0) is 42.0 Å². The average molecular weight is 373 g/mol. The molecule has 0 radical (unpaired) electrons. The molecule has 3 rings (SSSR count). The van der Waals surface area contributed by atoms with Crippen LogP contribution in [-0.4, -0.2) is 43.2 Å². The zero-order chi connectivity index (χ0) is 18.4. The molecule has 26 heavy (non-hydrogen) atoms. The van der Waals surface area contributed by atoms with E-state index < -0.39 is 12.1 Å². The van der Waals surface area contributed by atoms with Crippen molar-refractivity contribution in [1.29, 1.82) is 0 Å². The quantitative estimate of drug-likeness (QED) is 0.727. The van der Waals surface area contributed by atoms with Gasteiger partial charge in [0.1, 0.15) is 18.5 Å². The summed E-state index contributed by atoms with van der Waals surface area (Å²) in [4.78, 5) is 12.9. The largest absolute Gasteiger partial charge is 0.491 e. The van der Waals surface area contributed by atoms with Crippen LogP contribution >= 0.6 is 11.8 Å². The highest BCUT2D eigenvalue weighted by molar-refractivity contribution is 7.99. The smallest absolute Gasteiger partial charge is 0.337 e. The van der Waals surface area contributed by atoms with Gasteiger partial charge in [-0.1, -0.05) is 24.3 Å². The first-order chi connectivity index (χ1) is 12.7. The number of carbonyl (C=O) groups is 1. The average Bonchev–Trinajstić information content (AvgIpc) is 2.70. The Hall–Kier alpha value is -2.02. The number of aliphatic hydroxyl groups excluding tert-OH is 1. The zero-order valence-corrected chi connectivity index (χ0v) is 15.5. The number of thioether (sulfide) groups is 1. The lowest BCUT2D eigenvalue weighted by Crippen LogP contribution is -2.35. The molecule has 0 saturated heterocycles. The van der Waals surface area contributed by atoms with Crippen LogP contribution in [0.25, 0.3) is 0 Å². The maximum absolute atomic E-state index is 11.5. The van der Waals surface area contributed by atoms with Crippen molar-refractivity contribution in [3.63, 3.8) is 0 Å². The van der Waals surface area contributed by atoms with Gasteiger partial charge in [0.25, 0.3) is 0 Å². The van der Waals surface area contributed by atoms with E-state index in [-0.39, 0.29) is 12.6 Å². The molecule has 2 aromatic rings. The van der Waals surface area contributed by atoms with Gasteiger partial charge in [-0.3, -0.25) is 0 Å². The summed E-state index contributed by atoms with van der Waals surface area (Å²) in [6.45, 7) is 0.598. The van der Waals surface area contributed by atoms with E-state index in [0.29, 0.717) is 17.9 Å². The molecule has 138 valence electrons. The van der Waals surface area contributed by atoms with E-state index in [0.717, 1.165) is 12.2 Å². The second-order valence-electron chi connectivity index (χ2n) is 6.12. The lowest BCUT2D eigenvalue weighted by atomic mass is 10.0. The van der Waals surface area contributed by atoms with Crippen LogP contribution < -0.4 is 10.1 Å². The Morgan fingerprint density at radius 1 is 1.31 bits per heavy atom. The van der Waals surface area contributed by atoms with Gasteiger partial charge >= 0.3 is 5.97 Å². The molecule has 5 nitrogen and oxygen atoms in total. The molecule has 2 N–H and O–H groups in total. The van der Waals surface area contributed by atoms with Crippen LogP contribution in [0, 0.1) is 0 Å². The van der Waals surface area contributed by atoms with Crippen LogP contribution in [0.15, 0.2) is 53.4 Å². The standard InChI is InChI=1S/C20H23NO4S/c1-24-20(23)14-5-4-6-16(11-14)25-13-15(22)12-21-18-9-10-26-19-8-3-2-7-17(18)19/h2-8,11,15,18,21-22H,9-10,12-13H2,1H3. The number of carbonyl (C=O) groups excluding carboxylic acids is 1. The third-order valence-corrected chi connectivity index (χ3v) is 5.38. The van der Waals surface area contributed by atoms with Crippen LogP contribution in [0.3, 0.4) is 0 Å². The van der Waals surface area contributed by atoms with E-state index in [9.17, 15) is 9.90 Å². The number of aliphatic hydroxyl groups is 1. The topological polar surface area (TPSA) is 67.8 Å². The molecule has 0 bridgehead atoms. The van der Waals surface area contributed by atoms with Crippen molar-refractivity contribution >= 4 is 17.7 Å². The van der Waals surface area contributed by atoms with E-state index in [1.807, 2.05) is 17.8 Å². The Balaban J connectivity index is 1.50. The van der Waals surface area contributed by atoms with E-state index in [2.05, 4.69) is 23.5 Å². The number of benzene rings is 2. The molecule has 2 aromatic carbocycles. The highest BCUT2D eigenvalue weighted by Gasteiger charge is 2.20. The Kier molecular flexibility index (Phi) is 6.55. The van der Waals surface area contributed by atoms with E-state index in [1.54, 1.807) is 24.3 Å². The number of rotatable bonds is 7. The van der Waals surface area contributed by atoms with Crippen LogP contribution in [0.2, 0.25) is 0 Å². The van der Waals surface area contributed by atoms with Crippen LogP contribution in [0.4, 0.5) is 0 Å². The molecule has 1 heterocycles. The highest BCUT2D eigenvalue weighted by atomic mass is 32.2. The van der Waals surface area contributed by atoms with Crippen molar-refractivity contribution in [1.82, 2.24) is 5.32 Å². The second-order valence-corrected chi connectivity index (χ2v) is 7.26. The Bertz CT molecular complexity index is 752. The summed E-state index contributed by atoms with van der Waals surface area (Å²) < 4.78 is 10.3. The van der Waals surface area contributed by atoms with Crippen molar-refractivity contribution in [2.75, 3.05) is 26.0 Å². The highest BCUT2D eigenvalue weighted by Crippen LogP contribution is 2.35. The molecule has 0 spiro atoms. The van der Waals surface area contributed by atoms with E-state index in [1.165, 1.54) is 17.6 Å². The van der Waals surface area contributed by atoms with Crippen molar-refractivity contribution in [2.45, 2.75) is 23.5 Å². The summed E-state index contributed by atoms with van der Waals surface area (Å²) >= 11 is 1.87. The summed E-state index contributed by atoms with van der Waals surface area (Å²) in [7, 11) is 1.34. The molecule has 1 aliphatic rings. The number of nitrogens with one attached hydrogen (secondary N) is 1. The summed E-state index contributed by atoms with van der Waals surface area (Å²) in [5, 5.41) is 13.7. The number of fused-ring (bicyclic) bond motifs is 1. The minimum Gasteiger partial charge on any atom is -0.491 e. The Labute approximate surface area is 157 Å². The molecular weight excluding hydrogens is 350 g/mol. The monoisotopic (exact) mass is 373 g/mol. The maximum atomic E-state index is 11.5. The first kappa shape index (κ1) is 18.8. The second kappa shape index (κ2) is 9.07. The molecule has 2 atom stereocenters. The summed E-state index contributed by atoms with van der Waals surface area (Å²) in [6.07, 6.45) is 0.398. The predicted molar refractivity (Wildman–Crippen MR) is 102 cm³/mol. The molecule has 0 fully saturated rings. The molecule has 2 unspecified atom stereocenters. The number of hydrogen-bond acceptors (Lipinski definition) is 6. The van der Waals surface area contributed by atoms with Gasteiger partial charge in [-0.2, -0.15) is 0 Å². The summed E-state index contributed by atoms with van der Waals surface area (Å²) in [5.74, 6) is 1.19. The van der Waals surface area contributed by atoms with E-state index >= 15 is 0 Å². The first-order valence-electron chi connectivity index (χ1n) is 8.61. The van der Waals surface area contributed by atoms with Crippen LogP contribution in [0.5, 0.6) is 5.75 Å². The number of methoxy groups -OCH3 is 1. The number of hydrogen-bond donors (Lipinski definition) is 2. The fourth-order valence-corrected chi connectivity index (χ4v) is 4.04. The van der Waals surface area contributed by atoms with Gasteiger partial charge in [0.2, 0.25) is 0 Å². The van der Waals surface area contributed by atoms with Gasteiger partial charge < -0.3 is 19.9 Å². The molecule has 0 amide bonds. The van der Waals surface area contributed by atoms with Crippen LogP contribution in [-0.2, 0) is 4.74 Å². The first-order valence-corrected chi connectivity index (χ1v) is 9.60. The molecule has 0 aromatic heterocycles. The van der Waals surface area contributed by atoms with Crippen molar-refractivity contribution in [3.8, 4) is 5.75 Å². The van der Waals surface area contributed by atoms with Gasteiger partial charge in [0.05, 0.1) is 12.7 Å². The third-order valence-electron chi connectivity index (χ3n) is 4.26. The van der Waals surface area contributed by atoms with Crippen molar-refractivity contribution < 1.29 is 19.4 Å². The summed E-state index contributed by atoms with van der Waals surface area (Å²) in [6, 6.07) is 15.4. The third kappa shape index (κ3) is 4.78. The summed E-state index contributed by atoms with van der Waals surface area (Å²) in [5.41, 5.74) is 1.72. The fraction of sp³-hybridized carbons (Fsp3) is 0.350. The van der Waals surface area contributed by atoms with Gasteiger partial charge in [0.15, 0.2) is 0 Å². The number of esters is 1. The van der Waals surface area contributed by atoms with Crippen molar-refractivity contribution in [3.05, 3.63) is 59.7 Å². The lowest BCUT2D eigenvalue weighted by Gasteiger charge is -2.27. The normalized spacial score (nSPS) is 17.2. The van der Waals surface area contributed by atoms with E-state index in [4.69, 9.17) is 9.47 Å². The maximum Gasteiger partial charge on any atom is 0.337 e. The predicted octanol–water partition coefficient (Wildman–Crippen LogP) is 3.04. The van der Waals surface area contributed by atoms with Gasteiger partial charge in [-0.15, -0.1) is 11.8 Å². The minimum absolute atomic E-state index is 0.154. The minimum atomic E-state index is -0.640. The zero-order valence-electron chi connectivity index (χ0n) is 14.7. The lowest BCUT2D eigenvalue weighted by molar-refractivity contribution is 0.0600. The molecule has 6 heteroatoms. The number of ether oxygens (including phenoxy) is 2. The Morgan fingerprint density at radius 2 is 2.15 bits per heavy atom. The molecule has 1 aliphatic heterocycles. The molecule has 0 saturated carbocycles. The van der Waals surface area contributed by atoms with Gasteiger partial charge in [-0.25, -0.2) is 4.79 Å². The fourth-order valence-electron chi connectivity index (χ4n) is 2.91.